The van der Waals surface area contributed by atoms with Crippen molar-refractivity contribution >= 4 is 32.9 Å². The van der Waals surface area contributed by atoms with E-state index in [9.17, 15) is 4.79 Å². The summed E-state index contributed by atoms with van der Waals surface area (Å²) < 4.78 is 14.4. The molecule has 1 heterocycles. The van der Waals surface area contributed by atoms with Gasteiger partial charge in [-0.25, -0.2) is 4.98 Å². The van der Waals surface area contributed by atoms with Crippen LogP contribution in [0, 0.1) is 0 Å². The molecule has 26 heavy (non-hydrogen) atoms. The molecule has 0 amide bonds. The second kappa shape index (κ2) is 8.36. The lowest BCUT2D eigenvalue weighted by molar-refractivity contribution is -0.148. The van der Waals surface area contributed by atoms with E-state index in [1.165, 1.54) is 6.92 Å². The van der Waals surface area contributed by atoms with Crippen LogP contribution in [0.4, 0.5) is 0 Å². The molecule has 3 aromatic rings. The maximum atomic E-state index is 11.5. The van der Waals surface area contributed by atoms with Crippen LogP contribution in [0.2, 0.25) is 0 Å². The molecular formula is C20H21BrN2O3. The number of ether oxygens (including phenoxy) is 2. The van der Waals surface area contributed by atoms with Gasteiger partial charge in [0.1, 0.15) is 18.2 Å². The van der Waals surface area contributed by atoms with Gasteiger partial charge in [-0.2, -0.15) is 0 Å². The first kappa shape index (κ1) is 18.5. The van der Waals surface area contributed by atoms with Gasteiger partial charge < -0.3 is 14.0 Å². The lowest BCUT2D eigenvalue weighted by Crippen LogP contribution is -2.29. The third-order valence-electron chi connectivity index (χ3n) is 4.02. The molecule has 1 unspecified atom stereocenters. The average Bonchev–Trinajstić information content (AvgIpc) is 2.98. The maximum Gasteiger partial charge on any atom is 0.303 e. The lowest BCUT2D eigenvalue weighted by atomic mass is 10.3. The summed E-state index contributed by atoms with van der Waals surface area (Å²) in [5.41, 5.74) is 1.98. The van der Waals surface area contributed by atoms with Crippen LogP contribution in [0.25, 0.3) is 11.0 Å². The fraction of sp³-hybridized carbons (Fsp3) is 0.300. The molecule has 2 aromatic carbocycles. The summed E-state index contributed by atoms with van der Waals surface area (Å²) in [6, 6.07) is 15.5. The molecule has 0 fully saturated rings. The first-order valence-corrected chi connectivity index (χ1v) is 9.36. The van der Waals surface area contributed by atoms with Crippen LogP contribution in [-0.4, -0.2) is 28.2 Å². The summed E-state index contributed by atoms with van der Waals surface area (Å²) in [7, 11) is 0. The highest BCUT2D eigenvalue weighted by Crippen LogP contribution is 2.19. The molecule has 0 aliphatic heterocycles. The van der Waals surface area contributed by atoms with Gasteiger partial charge in [0.05, 0.1) is 17.6 Å². The van der Waals surface area contributed by atoms with Gasteiger partial charge in [-0.3, -0.25) is 4.79 Å². The number of imidazole rings is 1. The number of hydrogen-bond donors (Lipinski definition) is 0. The van der Waals surface area contributed by atoms with Crippen LogP contribution in [0.5, 0.6) is 5.75 Å². The molecule has 0 saturated heterocycles. The second-order valence-electron chi connectivity index (χ2n) is 5.98. The van der Waals surface area contributed by atoms with Crippen molar-refractivity contribution in [3.63, 3.8) is 0 Å². The number of halogens is 1. The van der Waals surface area contributed by atoms with Gasteiger partial charge in [0.15, 0.2) is 6.10 Å². The zero-order valence-electron chi connectivity index (χ0n) is 14.8. The van der Waals surface area contributed by atoms with Crippen molar-refractivity contribution in [2.45, 2.75) is 32.9 Å². The Kier molecular flexibility index (Phi) is 5.93. The molecule has 1 aromatic heterocycles. The number of esters is 1. The molecule has 1 atom stereocenters. The van der Waals surface area contributed by atoms with Gasteiger partial charge >= 0.3 is 5.97 Å². The average molecular weight is 417 g/mol. The Labute approximate surface area is 161 Å². The smallest absolute Gasteiger partial charge is 0.303 e. The van der Waals surface area contributed by atoms with Crippen LogP contribution in [0.15, 0.2) is 53.0 Å². The predicted molar refractivity (Wildman–Crippen MR) is 104 cm³/mol. The first-order valence-electron chi connectivity index (χ1n) is 8.56. The van der Waals surface area contributed by atoms with Crippen molar-refractivity contribution in [1.29, 1.82) is 0 Å². The van der Waals surface area contributed by atoms with Crippen LogP contribution in [-0.2, 0) is 22.5 Å². The van der Waals surface area contributed by atoms with Gasteiger partial charge in [0, 0.05) is 17.8 Å². The van der Waals surface area contributed by atoms with E-state index >= 15 is 0 Å². The number of nitrogens with zero attached hydrogens (tertiary/aromatic N) is 2. The van der Waals surface area contributed by atoms with E-state index in [1.54, 1.807) is 0 Å². The largest absolute Gasteiger partial charge is 0.490 e. The van der Waals surface area contributed by atoms with Gasteiger partial charge in [0.25, 0.3) is 0 Å². The normalized spacial score (nSPS) is 12.1. The highest BCUT2D eigenvalue weighted by molar-refractivity contribution is 9.10. The van der Waals surface area contributed by atoms with Gasteiger partial charge in [-0.15, -0.1) is 0 Å². The molecule has 0 spiro atoms. The van der Waals surface area contributed by atoms with E-state index in [0.29, 0.717) is 6.54 Å². The summed E-state index contributed by atoms with van der Waals surface area (Å²) in [6.45, 7) is 4.26. The Morgan fingerprint density at radius 1 is 1.19 bits per heavy atom. The number of rotatable bonds is 7. The minimum Gasteiger partial charge on any atom is -0.490 e. The first-order chi connectivity index (χ1) is 12.6. The number of aromatic nitrogens is 2. The van der Waals surface area contributed by atoms with Crippen molar-refractivity contribution in [3.8, 4) is 5.75 Å². The Morgan fingerprint density at radius 3 is 2.62 bits per heavy atom. The zero-order valence-corrected chi connectivity index (χ0v) is 16.4. The molecule has 0 aliphatic rings. The second-order valence-corrected chi connectivity index (χ2v) is 6.89. The summed E-state index contributed by atoms with van der Waals surface area (Å²) in [4.78, 5) is 16.2. The third kappa shape index (κ3) is 4.43. The van der Waals surface area contributed by atoms with E-state index in [1.807, 2.05) is 48.5 Å². The molecule has 0 aliphatic carbocycles. The molecular weight excluding hydrogens is 396 g/mol. The SMILES string of the molecule is CCc1nc2ccccc2n1CC(COc1ccc(Br)cc1)OC(C)=O. The maximum absolute atomic E-state index is 11.5. The Bertz CT molecular complexity index is 890. The number of carbonyl (C=O) groups is 1. The molecule has 0 saturated carbocycles. The van der Waals surface area contributed by atoms with Gasteiger partial charge in [-0.05, 0) is 36.4 Å². The van der Waals surface area contributed by atoms with E-state index in [0.717, 1.165) is 33.5 Å². The molecule has 0 radical (unpaired) electrons. The van der Waals surface area contributed by atoms with Gasteiger partial charge in [-0.1, -0.05) is 35.0 Å². The number of hydrogen-bond acceptors (Lipinski definition) is 4. The topological polar surface area (TPSA) is 53.4 Å². The molecule has 3 rings (SSSR count). The Hall–Kier alpha value is -2.34. The van der Waals surface area contributed by atoms with E-state index in [2.05, 4.69) is 32.4 Å². The quantitative estimate of drug-likeness (QED) is 0.536. The van der Waals surface area contributed by atoms with Crippen molar-refractivity contribution in [2.24, 2.45) is 0 Å². The molecule has 5 nitrogen and oxygen atoms in total. The van der Waals surface area contributed by atoms with Crippen molar-refractivity contribution < 1.29 is 14.3 Å². The van der Waals surface area contributed by atoms with Crippen LogP contribution in [0.3, 0.4) is 0 Å². The minimum absolute atomic E-state index is 0.275. The number of aryl methyl sites for hydroxylation is 1. The molecule has 136 valence electrons. The van der Waals surface area contributed by atoms with Crippen molar-refractivity contribution in [3.05, 3.63) is 58.8 Å². The number of carbonyl (C=O) groups excluding carboxylic acids is 1. The van der Waals surface area contributed by atoms with Crippen molar-refractivity contribution in [2.75, 3.05) is 6.61 Å². The number of fused-ring (bicyclic) bond motifs is 1. The monoisotopic (exact) mass is 416 g/mol. The summed E-state index contributed by atoms with van der Waals surface area (Å²) in [6.07, 6.45) is 0.397. The zero-order chi connectivity index (χ0) is 18.5. The van der Waals surface area contributed by atoms with Crippen molar-refractivity contribution in [1.82, 2.24) is 9.55 Å². The predicted octanol–water partition coefficient (Wildman–Crippen LogP) is 4.37. The van der Waals surface area contributed by atoms with E-state index < -0.39 is 6.10 Å². The summed E-state index contributed by atoms with van der Waals surface area (Å²) >= 11 is 3.40. The molecule has 0 bridgehead atoms. The van der Waals surface area contributed by atoms with E-state index in [-0.39, 0.29) is 12.6 Å². The minimum atomic E-state index is -0.404. The summed E-state index contributed by atoms with van der Waals surface area (Å²) in [5.74, 6) is 1.38. The highest BCUT2D eigenvalue weighted by atomic mass is 79.9. The molecule has 0 N–H and O–H groups in total. The lowest BCUT2D eigenvalue weighted by Gasteiger charge is -2.20. The van der Waals surface area contributed by atoms with E-state index in [4.69, 9.17) is 9.47 Å². The highest BCUT2D eigenvalue weighted by Gasteiger charge is 2.18. The number of para-hydroxylation sites is 2. The molecule has 6 heteroatoms. The fourth-order valence-electron chi connectivity index (χ4n) is 2.88. The van der Waals surface area contributed by atoms with Crippen LogP contribution < -0.4 is 4.74 Å². The number of benzene rings is 2. The third-order valence-corrected chi connectivity index (χ3v) is 4.55. The fourth-order valence-corrected chi connectivity index (χ4v) is 3.15. The van der Waals surface area contributed by atoms with Crippen LogP contribution >= 0.6 is 15.9 Å². The summed E-state index contributed by atoms with van der Waals surface area (Å²) in [5, 5.41) is 0. The standard InChI is InChI=1S/C20H21BrN2O3/c1-3-20-22-18-6-4-5-7-19(18)23(20)12-17(26-14(2)24)13-25-16-10-8-15(21)9-11-16/h4-11,17H,3,12-13H2,1-2H3. The van der Waals surface area contributed by atoms with Gasteiger partial charge in [0.2, 0.25) is 0 Å². The van der Waals surface area contributed by atoms with Crippen LogP contribution in [0.1, 0.15) is 19.7 Å². The Balaban J connectivity index is 1.80. The Morgan fingerprint density at radius 2 is 1.92 bits per heavy atom.